The summed E-state index contributed by atoms with van der Waals surface area (Å²) in [6.45, 7) is 4.10. The second-order valence-corrected chi connectivity index (χ2v) is 4.43. The first-order chi connectivity index (χ1) is 9.12. The van der Waals surface area contributed by atoms with Gasteiger partial charge in [0, 0.05) is 0 Å². The monoisotopic (exact) mass is 261 g/mol. The fourth-order valence-corrected chi connectivity index (χ4v) is 1.63. The van der Waals surface area contributed by atoms with Gasteiger partial charge in [0.05, 0.1) is 19.3 Å². The second kappa shape index (κ2) is 7.42. The molecule has 0 saturated heterocycles. The van der Waals surface area contributed by atoms with Crippen molar-refractivity contribution in [2.75, 3.05) is 13.2 Å². The summed E-state index contributed by atoms with van der Waals surface area (Å²) < 4.78 is 10.4. The summed E-state index contributed by atoms with van der Waals surface area (Å²) in [6.07, 6.45) is 1.05. The molecule has 0 aliphatic carbocycles. The van der Waals surface area contributed by atoms with Gasteiger partial charge >= 0.3 is 5.97 Å². The van der Waals surface area contributed by atoms with Gasteiger partial charge in [0.25, 0.3) is 0 Å². The molecule has 1 atom stereocenters. The van der Waals surface area contributed by atoms with E-state index in [0.717, 1.165) is 5.75 Å². The number of hydrogen-bond donors (Lipinski definition) is 0. The predicted molar refractivity (Wildman–Crippen MR) is 71.5 cm³/mol. The highest BCUT2D eigenvalue weighted by molar-refractivity contribution is 5.79. The first-order valence-electron chi connectivity index (χ1n) is 6.38. The minimum absolute atomic E-state index is 0.288. The van der Waals surface area contributed by atoms with Gasteiger partial charge in [-0.3, -0.25) is 4.79 Å². The molecule has 0 heterocycles. The molecule has 1 aromatic carbocycles. The van der Waals surface area contributed by atoms with Crippen molar-refractivity contribution in [3.05, 3.63) is 30.3 Å². The fourth-order valence-electron chi connectivity index (χ4n) is 1.63. The minimum atomic E-state index is -1.09. The van der Waals surface area contributed by atoms with Gasteiger partial charge in [0.15, 0.2) is 5.41 Å². The zero-order chi connectivity index (χ0) is 14.1. The molecule has 4 heteroatoms. The van der Waals surface area contributed by atoms with Crippen LogP contribution in [0.4, 0.5) is 0 Å². The zero-order valence-corrected chi connectivity index (χ0v) is 11.4. The predicted octanol–water partition coefficient (Wildman–Crippen LogP) is 2.94. The normalized spacial score (nSPS) is 13.1. The molecule has 1 rings (SSSR count). The molecule has 0 radical (unpaired) electrons. The molecule has 1 aromatic rings. The lowest BCUT2D eigenvalue weighted by Crippen LogP contribution is -2.28. The van der Waals surface area contributed by atoms with Crippen LogP contribution >= 0.6 is 0 Å². The van der Waals surface area contributed by atoms with Crippen LogP contribution in [0.2, 0.25) is 0 Å². The summed E-state index contributed by atoms with van der Waals surface area (Å²) in [6, 6.07) is 11.5. The molecule has 102 valence electrons. The Bertz CT molecular complexity index is 438. The molecule has 0 fully saturated rings. The third-order valence-electron chi connectivity index (χ3n) is 2.81. The second-order valence-electron chi connectivity index (χ2n) is 4.43. The highest BCUT2D eigenvalue weighted by atomic mass is 16.5. The first-order valence-corrected chi connectivity index (χ1v) is 6.38. The fraction of sp³-hybridized carbons (Fsp3) is 0.467. The summed E-state index contributed by atoms with van der Waals surface area (Å²) in [7, 11) is 0. The van der Waals surface area contributed by atoms with E-state index in [1.807, 2.05) is 36.4 Å². The molecule has 0 N–H and O–H groups in total. The largest absolute Gasteiger partial charge is 0.494 e. The highest BCUT2D eigenvalue weighted by Crippen LogP contribution is 2.24. The van der Waals surface area contributed by atoms with Gasteiger partial charge in [-0.05, 0) is 38.8 Å². The van der Waals surface area contributed by atoms with Crippen LogP contribution in [-0.4, -0.2) is 19.2 Å². The van der Waals surface area contributed by atoms with Crippen LogP contribution < -0.4 is 4.74 Å². The molecule has 0 spiro atoms. The zero-order valence-electron chi connectivity index (χ0n) is 11.4. The summed E-state index contributed by atoms with van der Waals surface area (Å²) in [5.41, 5.74) is -1.09. The Morgan fingerprint density at radius 3 is 2.63 bits per heavy atom. The lowest BCUT2D eigenvalue weighted by Gasteiger charge is -2.19. The first kappa shape index (κ1) is 15.0. The van der Waals surface area contributed by atoms with Crippen LogP contribution in [0.15, 0.2) is 30.3 Å². The molecule has 0 aliphatic heterocycles. The quantitative estimate of drug-likeness (QED) is 0.559. The van der Waals surface area contributed by atoms with Crippen molar-refractivity contribution in [2.24, 2.45) is 5.41 Å². The van der Waals surface area contributed by atoms with E-state index in [2.05, 4.69) is 0 Å². The van der Waals surface area contributed by atoms with Gasteiger partial charge in [-0.15, -0.1) is 0 Å². The SMILES string of the molecule is CCOC(=O)C(C)(C#N)CCCOc1ccccc1. The lowest BCUT2D eigenvalue weighted by molar-refractivity contribution is -0.151. The van der Waals surface area contributed by atoms with Gasteiger partial charge in [0.1, 0.15) is 5.75 Å². The standard InChI is InChI=1S/C15H19NO3/c1-3-18-14(17)15(2,12-16)10-7-11-19-13-8-5-4-6-9-13/h4-6,8-9H,3,7,10-11H2,1-2H3. The average molecular weight is 261 g/mol. The number of rotatable bonds is 7. The molecule has 19 heavy (non-hydrogen) atoms. The molecule has 0 aromatic heterocycles. The van der Waals surface area contributed by atoms with Crippen LogP contribution in [-0.2, 0) is 9.53 Å². The Morgan fingerprint density at radius 1 is 1.37 bits per heavy atom. The molecule has 0 aliphatic rings. The van der Waals surface area contributed by atoms with E-state index in [-0.39, 0.29) is 6.61 Å². The summed E-state index contributed by atoms with van der Waals surface area (Å²) in [5.74, 6) is 0.328. The maximum absolute atomic E-state index is 11.7. The summed E-state index contributed by atoms with van der Waals surface area (Å²) in [5, 5.41) is 9.11. The number of hydrogen-bond acceptors (Lipinski definition) is 4. The van der Waals surface area contributed by atoms with Crippen LogP contribution in [0.5, 0.6) is 5.75 Å². The van der Waals surface area contributed by atoms with Crippen LogP contribution in [0.25, 0.3) is 0 Å². The average Bonchev–Trinajstić information content (AvgIpc) is 2.44. The number of para-hydroxylation sites is 1. The molecular weight excluding hydrogens is 242 g/mol. The van der Waals surface area contributed by atoms with Crippen molar-refractivity contribution < 1.29 is 14.3 Å². The Hall–Kier alpha value is -2.02. The van der Waals surface area contributed by atoms with E-state index in [9.17, 15) is 4.79 Å². The van der Waals surface area contributed by atoms with Gasteiger partial charge in [-0.25, -0.2) is 0 Å². The van der Waals surface area contributed by atoms with Crippen molar-refractivity contribution in [1.29, 1.82) is 5.26 Å². The number of nitrogens with zero attached hydrogens (tertiary/aromatic N) is 1. The summed E-state index contributed by atoms with van der Waals surface area (Å²) >= 11 is 0. The Morgan fingerprint density at radius 2 is 2.05 bits per heavy atom. The topological polar surface area (TPSA) is 59.3 Å². The molecular formula is C15H19NO3. The van der Waals surface area contributed by atoms with Crippen LogP contribution in [0.3, 0.4) is 0 Å². The van der Waals surface area contributed by atoms with Crippen LogP contribution in [0, 0.1) is 16.7 Å². The van der Waals surface area contributed by atoms with E-state index in [4.69, 9.17) is 14.7 Å². The van der Waals surface area contributed by atoms with Crippen molar-refractivity contribution in [3.8, 4) is 11.8 Å². The molecule has 0 bridgehead atoms. The van der Waals surface area contributed by atoms with E-state index in [0.29, 0.717) is 19.4 Å². The van der Waals surface area contributed by atoms with Gasteiger partial charge < -0.3 is 9.47 Å². The minimum Gasteiger partial charge on any atom is -0.494 e. The lowest BCUT2D eigenvalue weighted by atomic mass is 9.87. The smallest absolute Gasteiger partial charge is 0.326 e. The Labute approximate surface area is 113 Å². The molecule has 0 amide bonds. The molecule has 0 saturated carbocycles. The van der Waals surface area contributed by atoms with E-state index < -0.39 is 11.4 Å². The van der Waals surface area contributed by atoms with Crippen molar-refractivity contribution >= 4 is 5.97 Å². The number of nitriles is 1. The van der Waals surface area contributed by atoms with E-state index in [1.165, 1.54) is 0 Å². The van der Waals surface area contributed by atoms with Gasteiger partial charge in [-0.1, -0.05) is 18.2 Å². The van der Waals surface area contributed by atoms with E-state index >= 15 is 0 Å². The Balaban J connectivity index is 2.38. The maximum Gasteiger partial charge on any atom is 0.326 e. The molecule has 1 unspecified atom stereocenters. The van der Waals surface area contributed by atoms with Crippen molar-refractivity contribution in [3.63, 3.8) is 0 Å². The van der Waals surface area contributed by atoms with Gasteiger partial charge in [0.2, 0.25) is 0 Å². The summed E-state index contributed by atoms with van der Waals surface area (Å²) in [4.78, 5) is 11.7. The number of carbonyl (C=O) groups is 1. The van der Waals surface area contributed by atoms with Crippen molar-refractivity contribution in [1.82, 2.24) is 0 Å². The van der Waals surface area contributed by atoms with Crippen LogP contribution in [0.1, 0.15) is 26.7 Å². The number of esters is 1. The third kappa shape index (κ3) is 4.63. The van der Waals surface area contributed by atoms with Crippen molar-refractivity contribution in [2.45, 2.75) is 26.7 Å². The molecule has 4 nitrogen and oxygen atoms in total. The highest BCUT2D eigenvalue weighted by Gasteiger charge is 2.34. The maximum atomic E-state index is 11.7. The number of ether oxygens (including phenoxy) is 2. The number of benzene rings is 1. The van der Waals surface area contributed by atoms with E-state index in [1.54, 1.807) is 13.8 Å². The van der Waals surface area contributed by atoms with Gasteiger partial charge in [-0.2, -0.15) is 5.26 Å². The number of carbonyl (C=O) groups excluding carboxylic acids is 1. The Kier molecular flexibility index (Phi) is 5.87. The third-order valence-corrected chi connectivity index (χ3v) is 2.81.